The molecule has 0 aromatic carbocycles. The van der Waals surface area contributed by atoms with Crippen LogP contribution in [0.1, 0.15) is 13.3 Å². The third-order valence-electron chi connectivity index (χ3n) is 1.06. The molecule has 0 aromatic rings. The molecule has 0 aliphatic heterocycles. The van der Waals surface area contributed by atoms with Crippen molar-refractivity contribution in [2.24, 2.45) is 10.8 Å². The molecule has 0 aliphatic rings. The standard InChI is InChI=1S/C6H15N3S/c1-3-8-6(9-7)4-5-10-2/h3-5,7H2,1-2H3,(H,8,9). The number of hydrogen-bond donors (Lipinski definition) is 2. The van der Waals surface area contributed by atoms with Gasteiger partial charge in [-0.25, -0.2) is 5.84 Å². The molecule has 0 rings (SSSR count). The zero-order valence-electron chi connectivity index (χ0n) is 6.55. The smallest absolute Gasteiger partial charge is 0.111 e. The summed E-state index contributed by atoms with van der Waals surface area (Å²) in [4.78, 5) is 4.15. The van der Waals surface area contributed by atoms with Gasteiger partial charge in [-0.1, -0.05) is 0 Å². The number of nitrogens with one attached hydrogen (secondary N) is 1. The van der Waals surface area contributed by atoms with E-state index in [2.05, 4.69) is 16.7 Å². The molecule has 60 valence electrons. The Balaban J connectivity index is 3.49. The number of aliphatic imine (C=N–C) groups is 1. The fourth-order valence-corrected chi connectivity index (χ4v) is 0.984. The van der Waals surface area contributed by atoms with Gasteiger partial charge in [-0.05, 0) is 13.2 Å². The average Bonchev–Trinajstić information content (AvgIpc) is 1.98. The Bertz CT molecular complexity index is 103. The second-order valence-corrected chi connectivity index (χ2v) is 2.79. The van der Waals surface area contributed by atoms with Crippen molar-refractivity contribution in [3.8, 4) is 0 Å². The van der Waals surface area contributed by atoms with E-state index in [0.29, 0.717) is 0 Å². The predicted octanol–water partition coefficient (Wildman–Crippen LogP) is 0.621. The highest BCUT2D eigenvalue weighted by atomic mass is 32.2. The van der Waals surface area contributed by atoms with Crippen LogP contribution in [-0.4, -0.2) is 24.4 Å². The van der Waals surface area contributed by atoms with Crippen LogP contribution < -0.4 is 11.3 Å². The first-order valence-electron chi connectivity index (χ1n) is 3.34. The highest BCUT2D eigenvalue weighted by molar-refractivity contribution is 7.98. The van der Waals surface area contributed by atoms with E-state index in [1.54, 1.807) is 11.8 Å². The Kier molecular flexibility index (Phi) is 6.74. The van der Waals surface area contributed by atoms with Crippen LogP contribution in [-0.2, 0) is 0 Å². The van der Waals surface area contributed by atoms with E-state index < -0.39 is 0 Å². The molecule has 0 atom stereocenters. The van der Waals surface area contributed by atoms with Crippen LogP contribution >= 0.6 is 11.8 Å². The van der Waals surface area contributed by atoms with Crippen molar-refractivity contribution in [3.05, 3.63) is 0 Å². The van der Waals surface area contributed by atoms with E-state index >= 15 is 0 Å². The molecule has 3 N–H and O–H groups in total. The van der Waals surface area contributed by atoms with Crippen molar-refractivity contribution in [2.45, 2.75) is 13.3 Å². The van der Waals surface area contributed by atoms with Crippen molar-refractivity contribution in [2.75, 3.05) is 18.6 Å². The van der Waals surface area contributed by atoms with Crippen LogP contribution in [0.4, 0.5) is 0 Å². The Morgan fingerprint density at radius 1 is 1.70 bits per heavy atom. The van der Waals surface area contributed by atoms with Gasteiger partial charge < -0.3 is 5.43 Å². The first-order valence-corrected chi connectivity index (χ1v) is 4.73. The maximum Gasteiger partial charge on any atom is 0.111 e. The molecule has 0 bridgehead atoms. The molecule has 0 aromatic heterocycles. The molecule has 0 amide bonds. The van der Waals surface area contributed by atoms with Crippen molar-refractivity contribution < 1.29 is 0 Å². The van der Waals surface area contributed by atoms with Crippen LogP contribution in [0.25, 0.3) is 0 Å². The van der Waals surface area contributed by atoms with Gasteiger partial charge in [-0.2, -0.15) is 11.8 Å². The number of thioether (sulfide) groups is 1. The maximum absolute atomic E-state index is 5.21. The fourth-order valence-electron chi connectivity index (χ4n) is 0.586. The third kappa shape index (κ3) is 4.64. The molecule has 0 unspecified atom stereocenters. The van der Waals surface area contributed by atoms with Crippen LogP contribution in [0.3, 0.4) is 0 Å². The largest absolute Gasteiger partial charge is 0.312 e. The van der Waals surface area contributed by atoms with Crippen molar-refractivity contribution in [1.29, 1.82) is 0 Å². The summed E-state index contributed by atoms with van der Waals surface area (Å²) >= 11 is 1.79. The van der Waals surface area contributed by atoms with E-state index in [1.807, 2.05) is 6.92 Å². The van der Waals surface area contributed by atoms with Gasteiger partial charge in [0.1, 0.15) is 5.84 Å². The van der Waals surface area contributed by atoms with Gasteiger partial charge in [0.2, 0.25) is 0 Å². The zero-order chi connectivity index (χ0) is 7.82. The number of rotatable bonds is 4. The quantitative estimate of drug-likeness (QED) is 0.275. The molecular weight excluding hydrogens is 146 g/mol. The van der Waals surface area contributed by atoms with Gasteiger partial charge in [0, 0.05) is 18.7 Å². The molecule has 0 aliphatic carbocycles. The second kappa shape index (κ2) is 6.89. The topological polar surface area (TPSA) is 50.4 Å². The molecule has 0 heterocycles. The zero-order valence-corrected chi connectivity index (χ0v) is 7.37. The van der Waals surface area contributed by atoms with Crippen molar-refractivity contribution >= 4 is 17.6 Å². The van der Waals surface area contributed by atoms with E-state index in [0.717, 1.165) is 24.6 Å². The number of nitrogens with zero attached hydrogens (tertiary/aromatic N) is 1. The van der Waals surface area contributed by atoms with Gasteiger partial charge in [-0.15, -0.1) is 0 Å². The molecule has 4 heteroatoms. The monoisotopic (exact) mass is 161 g/mol. The normalized spacial score (nSPS) is 11.7. The maximum atomic E-state index is 5.21. The highest BCUT2D eigenvalue weighted by Crippen LogP contribution is 1.95. The highest BCUT2D eigenvalue weighted by Gasteiger charge is 1.92. The van der Waals surface area contributed by atoms with Gasteiger partial charge in [-0.3, -0.25) is 4.99 Å². The SMILES string of the molecule is CCN=C(CCSC)NN. The third-order valence-corrected chi connectivity index (χ3v) is 1.67. The first-order chi connectivity index (χ1) is 4.85. The summed E-state index contributed by atoms with van der Waals surface area (Å²) < 4.78 is 0. The lowest BCUT2D eigenvalue weighted by atomic mass is 10.4. The lowest BCUT2D eigenvalue weighted by Gasteiger charge is -2.02. The summed E-state index contributed by atoms with van der Waals surface area (Å²) in [5, 5.41) is 0. The number of nitrogens with two attached hydrogens (primary N) is 1. The van der Waals surface area contributed by atoms with Crippen LogP contribution in [0.5, 0.6) is 0 Å². The van der Waals surface area contributed by atoms with Gasteiger partial charge in [0.05, 0.1) is 0 Å². The fraction of sp³-hybridized carbons (Fsp3) is 0.833. The number of hydrogen-bond acceptors (Lipinski definition) is 3. The van der Waals surface area contributed by atoms with Crippen molar-refractivity contribution in [3.63, 3.8) is 0 Å². The minimum Gasteiger partial charge on any atom is -0.312 e. The van der Waals surface area contributed by atoms with E-state index in [4.69, 9.17) is 5.84 Å². The predicted molar refractivity (Wildman–Crippen MR) is 48.3 cm³/mol. The Morgan fingerprint density at radius 3 is 2.80 bits per heavy atom. The molecule has 0 saturated heterocycles. The Hall–Kier alpha value is -0.220. The molecule has 0 spiro atoms. The Morgan fingerprint density at radius 2 is 2.40 bits per heavy atom. The minimum absolute atomic E-state index is 0.800. The van der Waals surface area contributed by atoms with E-state index in [9.17, 15) is 0 Å². The Labute approximate surface area is 66.4 Å². The summed E-state index contributed by atoms with van der Waals surface area (Å²) in [6.45, 7) is 2.80. The molecule has 0 radical (unpaired) electrons. The minimum atomic E-state index is 0.800. The van der Waals surface area contributed by atoms with Crippen LogP contribution in [0.15, 0.2) is 4.99 Å². The molecule has 0 fully saturated rings. The molecular formula is C6H15N3S. The average molecular weight is 161 g/mol. The summed E-state index contributed by atoms with van der Waals surface area (Å²) in [7, 11) is 0. The number of hydrazine groups is 1. The molecule has 0 saturated carbocycles. The van der Waals surface area contributed by atoms with E-state index in [-0.39, 0.29) is 0 Å². The van der Waals surface area contributed by atoms with Gasteiger partial charge >= 0.3 is 0 Å². The van der Waals surface area contributed by atoms with Gasteiger partial charge in [0.15, 0.2) is 0 Å². The van der Waals surface area contributed by atoms with Crippen LogP contribution in [0.2, 0.25) is 0 Å². The van der Waals surface area contributed by atoms with E-state index in [1.165, 1.54) is 0 Å². The van der Waals surface area contributed by atoms with Crippen LogP contribution in [0, 0.1) is 0 Å². The summed E-state index contributed by atoms with van der Waals surface area (Å²) in [6.07, 6.45) is 3.01. The lowest BCUT2D eigenvalue weighted by Crippen LogP contribution is -2.30. The number of amidine groups is 1. The second-order valence-electron chi connectivity index (χ2n) is 1.81. The summed E-state index contributed by atoms with van der Waals surface area (Å²) in [5.74, 6) is 7.18. The van der Waals surface area contributed by atoms with Crippen molar-refractivity contribution in [1.82, 2.24) is 5.43 Å². The van der Waals surface area contributed by atoms with Gasteiger partial charge in [0.25, 0.3) is 0 Å². The summed E-state index contributed by atoms with van der Waals surface area (Å²) in [6, 6.07) is 0. The first kappa shape index (κ1) is 9.78. The summed E-state index contributed by atoms with van der Waals surface area (Å²) in [5.41, 5.74) is 2.57. The lowest BCUT2D eigenvalue weighted by molar-refractivity contribution is 0.952. The molecule has 10 heavy (non-hydrogen) atoms. The molecule has 3 nitrogen and oxygen atoms in total.